The highest BCUT2D eigenvalue weighted by Crippen LogP contribution is 2.18. The third-order valence-corrected chi connectivity index (χ3v) is 2.91. The van der Waals surface area contributed by atoms with Crippen LogP contribution in [-0.4, -0.2) is 19.1 Å². The normalized spacial score (nSPS) is 15.4. The van der Waals surface area contributed by atoms with E-state index in [0.717, 1.165) is 31.2 Å². The van der Waals surface area contributed by atoms with E-state index in [1.165, 1.54) is 18.9 Å². The fraction of sp³-hybridized carbons (Fsp3) is 0.500. The van der Waals surface area contributed by atoms with Crippen LogP contribution in [0.25, 0.3) is 0 Å². The first kappa shape index (κ1) is 11.8. The summed E-state index contributed by atoms with van der Waals surface area (Å²) in [4.78, 5) is 0. The van der Waals surface area contributed by atoms with Crippen molar-refractivity contribution in [2.45, 2.75) is 25.4 Å². The maximum Gasteiger partial charge on any atom is 0.141 e. The summed E-state index contributed by atoms with van der Waals surface area (Å²) >= 11 is 5.69. The summed E-state index contributed by atoms with van der Waals surface area (Å²) in [5.74, 6) is -0.360. The van der Waals surface area contributed by atoms with Crippen LogP contribution < -0.4 is 10.6 Å². The van der Waals surface area contributed by atoms with E-state index in [1.54, 1.807) is 12.1 Å². The largest absolute Gasteiger partial charge is 0.313 e. The van der Waals surface area contributed by atoms with Crippen LogP contribution in [0, 0.1) is 5.82 Å². The zero-order chi connectivity index (χ0) is 11.4. The molecule has 1 aliphatic carbocycles. The standard InChI is InChI=1S/C12H16ClFN2/c13-11-7-9(1-4-12(11)14)8-15-5-6-16-10-2-3-10/h1,4,7,10,15-16H,2-3,5-6,8H2. The minimum Gasteiger partial charge on any atom is -0.313 e. The Morgan fingerprint density at radius 3 is 2.81 bits per heavy atom. The number of halogens is 2. The van der Waals surface area contributed by atoms with E-state index in [2.05, 4.69) is 10.6 Å². The van der Waals surface area contributed by atoms with Gasteiger partial charge in [-0.1, -0.05) is 17.7 Å². The van der Waals surface area contributed by atoms with Crippen molar-refractivity contribution in [1.82, 2.24) is 10.6 Å². The average molecular weight is 243 g/mol. The molecule has 0 atom stereocenters. The van der Waals surface area contributed by atoms with E-state index in [-0.39, 0.29) is 10.8 Å². The van der Waals surface area contributed by atoms with Crippen LogP contribution in [0.1, 0.15) is 18.4 Å². The summed E-state index contributed by atoms with van der Waals surface area (Å²) in [5, 5.41) is 6.89. The summed E-state index contributed by atoms with van der Waals surface area (Å²) in [7, 11) is 0. The van der Waals surface area contributed by atoms with Gasteiger partial charge in [0, 0.05) is 25.7 Å². The highest BCUT2D eigenvalue weighted by Gasteiger charge is 2.19. The fourth-order valence-electron chi connectivity index (χ4n) is 1.53. The lowest BCUT2D eigenvalue weighted by molar-refractivity contribution is 0.605. The van der Waals surface area contributed by atoms with Crippen molar-refractivity contribution >= 4 is 11.6 Å². The van der Waals surface area contributed by atoms with Gasteiger partial charge >= 0.3 is 0 Å². The van der Waals surface area contributed by atoms with Crippen LogP contribution in [0.15, 0.2) is 18.2 Å². The van der Waals surface area contributed by atoms with Crippen LogP contribution >= 0.6 is 11.6 Å². The van der Waals surface area contributed by atoms with Gasteiger partial charge in [-0.15, -0.1) is 0 Å². The van der Waals surface area contributed by atoms with E-state index in [9.17, 15) is 4.39 Å². The topological polar surface area (TPSA) is 24.1 Å². The highest BCUT2D eigenvalue weighted by atomic mass is 35.5. The Labute approximate surface area is 100 Å². The fourth-order valence-corrected chi connectivity index (χ4v) is 1.74. The molecule has 1 aliphatic rings. The van der Waals surface area contributed by atoms with Crippen molar-refractivity contribution in [3.63, 3.8) is 0 Å². The van der Waals surface area contributed by atoms with Gasteiger partial charge in [0.05, 0.1) is 5.02 Å². The van der Waals surface area contributed by atoms with Gasteiger partial charge in [0.15, 0.2) is 0 Å². The van der Waals surface area contributed by atoms with E-state index in [1.807, 2.05) is 0 Å². The molecule has 0 bridgehead atoms. The molecule has 1 saturated carbocycles. The van der Waals surface area contributed by atoms with E-state index >= 15 is 0 Å². The van der Waals surface area contributed by atoms with E-state index in [4.69, 9.17) is 11.6 Å². The summed E-state index contributed by atoms with van der Waals surface area (Å²) in [6.07, 6.45) is 2.63. The monoisotopic (exact) mass is 242 g/mol. The summed E-state index contributed by atoms with van der Waals surface area (Å²) in [6, 6.07) is 5.57. The van der Waals surface area contributed by atoms with Gasteiger partial charge in [-0.25, -0.2) is 4.39 Å². The van der Waals surface area contributed by atoms with Crippen molar-refractivity contribution in [3.05, 3.63) is 34.6 Å². The third-order valence-electron chi connectivity index (χ3n) is 2.63. The van der Waals surface area contributed by atoms with Crippen molar-refractivity contribution in [3.8, 4) is 0 Å². The lowest BCUT2D eigenvalue weighted by atomic mass is 10.2. The van der Waals surface area contributed by atoms with Gasteiger partial charge in [-0.2, -0.15) is 0 Å². The molecule has 0 amide bonds. The molecule has 2 rings (SSSR count). The molecule has 0 saturated heterocycles. The second-order valence-corrected chi connectivity index (χ2v) is 4.56. The number of hydrogen-bond donors (Lipinski definition) is 2. The first-order chi connectivity index (χ1) is 7.75. The SMILES string of the molecule is Fc1ccc(CNCCNC2CC2)cc1Cl. The lowest BCUT2D eigenvalue weighted by Crippen LogP contribution is -2.28. The van der Waals surface area contributed by atoms with Crippen LogP contribution in [-0.2, 0) is 6.54 Å². The summed E-state index contributed by atoms with van der Waals surface area (Å²) < 4.78 is 12.9. The van der Waals surface area contributed by atoms with Gasteiger partial charge in [0.25, 0.3) is 0 Å². The van der Waals surface area contributed by atoms with Crippen molar-refractivity contribution in [1.29, 1.82) is 0 Å². The molecule has 16 heavy (non-hydrogen) atoms. The Bertz CT molecular complexity index is 353. The molecular formula is C12H16ClFN2. The first-order valence-corrected chi connectivity index (χ1v) is 6.01. The molecule has 1 fully saturated rings. The van der Waals surface area contributed by atoms with Gasteiger partial charge < -0.3 is 10.6 Å². The number of benzene rings is 1. The van der Waals surface area contributed by atoms with Crippen molar-refractivity contribution in [2.24, 2.45) is 0 Å². The molecule has 0 aliphatic heterocycles. The second kappa shape index (κ2) is 5.62. The maximum atomic E-state index is 12.9. The Morgan fingerprint density at radius 1 is 1.31 bits per heavy atom. The zero-order valence-corrected chi connectivity index (χ0v) is 9.86. The first-order valence-electron chi connectivity index (χ1n) is 5.64. The van der Waals surface area contributed by atoms with Crippen molar-refractivity contribution < 1.29 is 4.39 Å². The van der Waals surface area contributed by atoms with Gasteiger partial charge in [0.2, 0.25) is 0 Å². The van der Waals surface area contributed by atoms with Crippen LogP contribution in [0.5, 0.6) is 0 Å². The van der Waals surface area contributed by atoms with Crippen LogP contribution in [0.2, 0.25) is 5.02 Å². The van der Waals surface area contributed by atoms with Gasteiger partial charge in [-0.3, -0.25) is 0 Å². The number of rotatable bonds is 6. The zero-order valence-electron chi connectivity index (χ0n) is 9.10. The number of hydrogen-bond acceptors (Lipinski definition) is 2. The Kier molecular flexibility index (Phi) is 4.16. The van der Waals surface area contributed by atoms with Gasteiger partial charge in [0.1, 0.15) is 5.82 Å². The van der Waals surface area contributed by atoms with Crippen LogP contribution in [0.3, 0.4) is 0 Å². The van der Waals surface area contributed by atoms with Crippen molar-refractivity contribution in [2.75, 3.05) is 13.1 Å². The Morgan fingerprint density at radius 2 is 2.12 bits per heavy atom. The molecule has 0 heterocycles. The molecule has 0 aromatic heterocycles. The van der Waals surface area contributed by atoms with E-state index < -0.39 is 0 Å². The predicted molar refractivity (Wildman–Crippen MR) is 64.1 cm³/mol. The summed E-state index contributed by atoms with van der Waals surface area (Å²) in [5.41, 5.74) is 1.01. The molecule has 0 radical (unpaired) electrons. The highest BCUT2D eigenvalue weighted by molar-refractivity contribution is 6.30. The van der Waals surface area contributed by atoms with Crippen LogP contribution in [0.4, 0.5) is 4.39 Å². The quantitative estimate of drug-likeness (QED) is 0.749. The predicted octanol–water partition coefficient (Wildman–Crippen LogP) is 2.32. The Balaban J connectivity index is 1.65. The molecule has 2 nitrogen and oxygen atoms in total. The molecule has 2 N–H and O–H groups in total. The lowest BCUT2D eigenvalue weighted by Gasteiger charge is -2.06. The average Bonchev–Trinajstić information content (AvgIpc) is 3.07. The minimum absolute atomic E-state index is 0.190. The molecule has 1 aromatic carbocycles. The second-order valence-electron chi connectivity index (χ2n) is 4.15. The maximum absolute atomic E-state index is 12.9. The molecule has 88 valence electrons. The minimum atomic E-state index is -0.360. The molecule has 1 aromatic rings. The molecule has 0 spiro atoms. The molecule has 0 unspecified atom stereocenters. The van der Waals surface area contributed by atoms with E-state index in [0.29, 0.717) is 0 Å². The Hall–Kier alpha value is -0.640. The number of nitrogens with one attached hydrogen (secondary N) is 2. The molecule has 4 heteroatoms. The third kappa shape index (κ3) is 3.74. The van der Waals surface area contributed by atoms with Gasteiger partial charge in [-0.05, 0) is 30.5 Å². The molecular weight excluding hydrogens is 227 g/mol. The smallest absolute Gasteiger partial charge is 0.141 e. The summed E-state index contributed by atoms with van der Waals surface area (Å²) in [6.45, 7) is 2.64.